The lowest BCUT2D eigenvalue weighted by Gasteiger charge is -2.17. The molecule has 0 aromatic heterocycles. The third kappa shape index (κ3) is 4.85. The minimum atomic E-state index is 0.750. The van der Waals surface area contributed by atoms with Gasteiger partial charge in [-0.1, -0.05) is 73.9 Å². The molecule has 0 saturated heterocycles. The molecule has 0 amide bonds. The van der Waals surface area contributed by atoms with Gasteiger partial charge in [0.05, 0.1) is 0 Å². The van der Waals surface area contributed by atoms with E-state index in [2.05, 4.69) is 56.3 Å². The zero-order chi connectivity index (χ0) is 14.2. The van der Waals surface area contributed by atoms with Crippen molar-refractivity contribution in [2.24, 2.45) is 5.92 Å². The van der Waals surface area contributed by atoms with Gasteiger partial charge in [0, 0.05) is 0 Å². The molecule has 0 spiro atoms. The van der Waals surface area contributed by atoms with Crippen molar-refractivity contribution in [3.05, 3.63) is 71.3 Å². The van der Waals surface area contributed by atoms with Crippen LogP contribution >= 0.6 is 0 Å². The predicted octanol–water partition coefficient (Wildman–Crippen LogP) is 5.39. The van der Waals surface area contributed by atoms with Gasteiger partial charge < -0.3 is 0 Å². The highest BCUT2D eigenvalue weighted by atomic mass is 14.2. The lowest BCUT2D eigenvalue weighted by molar-refractivity contribution is 0.460. The Bertz CT molecular complexity index is 481. The zero-order valence-electron chi connectivity index (χ0n) is 12.7. The first-order chi connectivity index (χ1) is 9.78. The summed E-state index contributed by atoms with van der Waals surface area (Å²) in [7, 11) is 0. The maximum atomic E-state index is 3.11. The van der Waals surface area contributed by atoms with E-state index in [1.807, 2.05) is 12.1 Å². The molecule has 105 valence electrons. The fourth-order valence-corrected chi connectivity index (χ4v) is 2.72. The van der Waals surface area contributed by atoms with E-state index in [9.17, 15) is 0 Å². The number of hydrogen-bond donors (Lipinski definition) is 0. The number of aryl methyl sites for hydroxylation is 1. The molecular formula is C20H25. The molecular weight excluding hydrogens is 240 g/mol. The van der Waals surface area contributed by atoms with Crippen LogP contribution in [0.3, 0.4) is 0 Å². The maximum absolute atomic E-state index is 3.11. The average molecular weight is 265 g/mol. The molecule has 1 radical (unpaired) electrons. The Morgan fingerprint density at radius 2 is 1.50 bits per heavy atom. The zero-order valence-corrected chi connectivity index (χ0v) is 12.7. The summed E-state index contributed by atoms with van der Waals surface area (Å²) >= 11 is 0. The van der Waals surface area contributed by atoms with Gasteiger partial charge in [0.15, 0.2) is 0 Å². The molecule has 0 N–H and O–H groups in total. The van der Waals surface area contributed by atoms with E-state index in [-0.39, 0.29) is 0 Å². The van der Waals surface area contributed by atoms with Gasteiger partial charge >= 0.3 is 0 Å². The molecule has 0 heteroatoms. The highest BCUT2D eigenvalue weighted by molar-refractivity contribution is 5.22. The molecule has 0 aliphatic carbocycles. The minimum Gasteiger partial charge on any atom is -0.0654 e. The molecule has 1 atom stereocenters. The van der Waals surface area contributed by atoms with Crippen molar-refractivity contribution in [2.45, 2.75) is 46.0 Å². The van der Waals surface area contributed by atoms with Gasteiger partial charge in [-0.05, 0) is 49.3 Å². The van der Waals surface area contributed by atoms with Crippen LogP contribution in [0.1, 0.15) is 42.9 Å². The molecule has 2 rings (SSSR count). The van der Waals surface area contributed by atoms with Crippen molar-refractivity contribution in [1.29, 1.82) is 0 Å². The van der Waals surface area contributed by atoms with Gasteiger partial charge in [0.25, 0.3) is 0 Å². The van der Waals surface area contributed by atoms with Crippen LogP contribution in [0.15, 0.2) is 48.5 Å². The van der Waals surface area contributed by atoms with Crippen molar-refractivity contribution >= 4 is 0 Å². The molecule has 0 nitrogen and oxygen atoms in total. The summed E-state index contributed by atoms with van der Waals surface area (Å²) in [6, 6.07) is 20.6. The third-order valence-corrected chi connectivity index (χ3v) is 3.92. The fraction of sp³-hybridized carbons (Fsp3) is 0.400. The van der Waals surface area contributed by atoms with E-state index in [1.54, 1.807) is 0 Å². The molecule has 0 bridgehead atoms. The second kappa shape index (κ2) is 7.89. The molecule has 20 heavy (non-hydrogen) atoms. The first-order valence-corrected chi connectivity index (χ1v) is 7.78. The van der Waals surface area contributed by atoms with Crippen LogP contribution < -0.4 is 0 Å². The van der Waals surface area contributed by atoms with Crippen molar-refractivity contribution in [3.8, 4) is 0 Å². The first kappa shape index (κ1) is 14.8. The Balaban J connectivity index is 2.01. The summed E-state index contributed by atoms with van der Waals surface area (Å²) in [5, 5.41) is 0. The SMILES string of the molecule is CCCCC(Cc1cc[c]cc1)Cc1ccc(C)cc1. The van der Waals surface area contributed by atoms with Crippen LogP contribution in [0.25, 0.3) is 0 Å². The lowest BCUT2D eigenvalue weighted by atomic mass is 9.88. The van der Waals surface area contributed by atoms with Crippen molar-refractivity contribution in [3.63, 3.8) is 0 Å². The van der Waals surface area contributed by atoms with E-state index < -0.39 is 0 Å². The van der Waals surface area contributed by atoms with E-state index in [4.69, 9.17) is 0 Å². The largest absolute Gasteiger partial charge is 0.0654 e. The van der Waals surface area contributed by atoms with Gasteiger partial charge in [-0.25, -0.2) is 0 Å². The Morgan fingerprint density at radius 3 is 2.10 bits per heavy atom. The normalized spacial score (nSPS) is 12.3. The van der Waals surface area contributed by atoms with Crippen LogP contribution in [-0.4, -0.2) is 0 Å². The summed E-state index contributed by atoms with van der Waals surface area (Å²) in [5.74, 6) is 0.750. The van der Waals surface area contributed by atoms with Crippen LogP contribution in [0.5, 0.6) is 0 Å². The number of hydrogen-bond acceptors (Lipinski definition) is 0. The average Bonchev–Trinajstić information content (AvgIpc) is 2.48. The Kier molecular flexibility index (Phi) is 5.86. The highest BCUT2D eigenvalue weighted by Gasteiger charge is 2.10. The minimum absolute atomic E-state index is 0.750. The number of unbranched alkanes of at least 4 members (excludes halogenated alkanes) is 1. The van der Waals surface area contributed by atoms with Crippen LogP contribution in [-0.2, 0) is 12.8 Å². The molecule has 0 heterocycles. The van der Waals surface area contributed by atoms with Crippen LogP contribution in [0.2, 0.25) is 0 Å². The molecule has 0 aliphatic heterocycles. The van der Waals surface area contributed by atoms with Crippen molar-refractivity contribution in [2.75, 3.05) is 0 Å². The smallest absolute Gasteiger partial charge is 0.0184 e. The van der Waals surface area contributed by atoms with E-state index in [0.29, 0.717) is 0 Å². The molecule has 0 aliphatic rings. The van der Waals surface area contributed by atoms with E-state index in [0.717, 1.165) is 5.92 Å². The Labute approximate surface area is 123 Å². The molecule has 0 saturated carbocycles. The second-order valence-electron chi connectivity index (χ2n) is 5.81. The van der Waals surface area contributed by atoms with Crippen molar-refractivity contribution < 1.29 is 0 Å². The maximum Gasteiger partial charge on any atom is -0.0184 e. The Hall–Kier alpha value is -1.56. The molecule has 1 unspecified atom stereocenters. The fourth-order valence-electron chi connectivity index (χ4n) is 2.72. The van der Waals surface area contributed by atoms with Crippen LogP contribution in [0.4, 0.5) is 0 Å². The lowest BCUT2D eigenvalue weighted by Crippen LogP contribution is -2.08. The van der Waals surface area contributed by atoms with Crippen molar-refractivity contribution in [1.82, 2.24) is 0 Å². The quantitative estimate of drug-likeness (QED) is 0.630. The summed E-state index contributed by atoms with van der Waals surface area (Å²) in [5.41, 5.74) is 4.26. The summed E-state index contributed by atoms with van der Waals surface area (Å²) in [4.78, 5) is 0. The standard InChI is InChI=1S/C20H25/c1-3-4-8-20(15-18-9-6-5-7-10-18)16-19-13-11-17(2)12-14-19/h6-7,9-14,20H,3-4,8,15-16H2,1-2H3. The van der Waals surface area contributed by atoms with Gasteiger partial charge in [-0.3, -0.25) is 0 Å². The van der Waals surface area contributed by atoms with Gasteiger partial charge in [-0.15, -0.1) is 0 Å². The molecule has 2 aromatic carbocycles. The molecule has 0 fully saturated rings. The monoisotopic (exact) mass is 265 g/mol. The molecule has 2 aromatic rings. The van der Waals surface area contributed by atoms with E-state index >= 15 is 0 Å². The topological polar surface area (TPSA) is 0 Å². The number of benzene rings is 2. The highest BCUT2D eigenvalue weighted by Crippen LogP contribution is 2.20. The van der Waals surface area contributed by atoms with Gasteiger partial charge in [0.2, 0.25) is 0 Å². The van der Waals surface area contributed by atoms with E-state index in [1.165, 1.54) is 48.8 Å². The van der Waals surface area contributed by atoms with Crippen LogP contribution in [0, 0.1) is 18.9 Å². The predicted molar refractivity (Wildman–Crippen MR) is 86.9 cm³/mol. The van der Waals surface area contributed by atoms with Gasteiger partial charge in [-0.2, -0.15) is 0 Å². The Morgan fingerprint density at radius 1 is 0.900 bits per heavy atom. The first-order valence-electron chi connectivity index (χ1n) is 7.78. The summed E-state index contributed by atoms with van der Waals surface area (Å²) in [6.45, 7) is 4.43. The third-order valence-electron chi connectivity index (χ3n) is 3.92. The summed E-state index contributed by atoms with van der Waals surface area (Å²) < 4.78 is 0. The second-order valence-corrected chi connectivity index (χ2v) is 5.81. The summed E-state index contributed by atoms with van der Waals surface area (Å²) in [6.07, 6.45) is 6.31. The van der Waals surface area contributed by atoms with Gasteiger partial charge in [0.1, 0.15) is 0 Å². The number of rotatable bonds is 7.